The number of hydrogen-bond donors (Lipinski definition) is 1. The first-order valence-corrected chi connectivity index (χ1v) is 9.14. The van der Waals surface area contributed by atoms with Gasteiger partial charge in [-0.3, -0.25) is 14.4 Å². The van der Waals surface area contributed by atoms with Gasteiger partial charge in [-0.15, -0.1) is 0 Å². The molecule has 2 fully saturated rings. The van der Waals surface area contributed by atoms with Crippen molar-refractivity contribution in [2.45, 2.75) is 52.9 Å². The van der Waals surface area contributed by atoms with E-state index in [0.717, 1.165) is 25.7 Å². The smallest absolute Gasteiger partial charge is 0.225 e. The second-order valence-corrected chi connectivity index (χ2v) is 7.94. The SMILES string of the molecule is CC(C)(C)C(=O)NCCC(=O)N1CCN(C(=O)C2CCCC2)CC1. The second kappa shape index (κ2) is 7.99. The number of piperazine rings is 1. The van der Waals surface area contributed by atoms with Crippen LogP contribution in [-0.4, -0.2) is 60.2 Å². The summed E-state index contributed by atoms with van der Waals surface area (Å²) in [6, 6.07) is 0. The van der Waals surface area contributed by atoms with E-state index in [9.17, 15) is 14.4 Å². The van der Waals surface area contributed by atoms with Crippen LogP contribution in [0.1, 0.15) is 52.9 Å². The van der Waals surface area contributed by atoms with Crippen LogP contribution in [0, 0.1) is 11.3 Å². The number of carbonyl (C=O) groups is 3. The summed E-state index contributed by atoms with van der Waals surface area (Å²) in [6.45, 7) is 8.40. The maximum absolute atomic E-state index is 12.4. The van der Waals surface area contributed by atoms with Gasteiger partial charge in [0, 0.05) is 50.5 Å². The molecule has 1 N–H and O–H groups in total. The molecule has 0 bridgehead atoms. The summed E-state index contributed by atoms with van der Waals surface area (Å²) in [5, 5.41) is 2.81. The Morgan fingerprint density at radius 1 is 0.958 bits per heavy atom. The van der Waals surface area contributed by atoms with Crippen molar-refractivity contribution in [3.8, 4) is 0 Å². The van der Waals surface area contributed by atoms with E-state index >= 15 is 0 Å². The fourth-order valence-corrected chi connectivity index (χ4v) is 3.31. The van der Waals surface area contributed by atoms with Gasteiger partial charge in [0.2, 0.25) is 17.7 Å². The van der Waals surface area contributed by atoms with Crippen molar-refractivity contribution in [2.75, 3.05) is 32.7 Å². The van der Waals surface area contributed by atoms with Crippen LogP contribution in [0.15, 0.2) is 0 Å². The van der Waals surface area contributed by atoms with E-state index in [1.807, 2.05) is 30.6 Å². The summed E-state index contributed by atoms with van der Waals surface area (Å²) >= 11 is 0. The van der Waals surface area contributed by atoms with E-state index in [1.165, 1.54) is 0 Å². The van der Waals surface area contributed by atoms with Gasteiger partial charge >= 0.3 is 0 Å². The van der Waals surface area contributed by atoms with E-state index in [4.69, 9.17) is 0 Å². The molecule has 1 saturated heterocycles. The third kappa shape index (κ3) is 4.95. The molecule has 1 saturated carbocycles. The van der Waals surface area contributed by atoms with Gasteiger partial charge < -0.3 is 15.1 Å². The maximum atomic E-state index is 12.4. The predicted octanol–water partition coefficient (Wildman–Crippen LogP) is 1.40. The van der Waals surface area contributed by atoms with Crippen molar-refractivity contribution in [3.05, 3.63) is 0 Å². The van der Waals surface area contributed by atoms with Gasteiger partial charge in [-0.1, -0.05) is 33.6 Å². The topological polar surface area (TPSA) is 69.7 Å². The molecule has 6 nitrogen and oxygen atoms in total. The number of carbonyl (C=O) groups excluding carboxylic acids is 3. The predicted molar refractivity (Wildman–Crippen MR) is 92.2 cm³/mol. The molecule has 0 atom stereocenters. The zero-order valence-electron chi connectivity index (χ0n) is 15.3. The zero-order valence-corrected chi connectivity index (χ0v) is 15.3. The maximum Gasteiger partial charge on any atom is 0.225 e. The van der Waals surface area contributed by atoms with Crippen molar-refractivity contribution < 1.29 is 14.4 Å². The molecule has 24 heavy (non-hydrogen) atoms. The Labute approximate surface area is 144 Å². The molecular formula is C18H31N3O3. The number of hydrogen-bond acceptors (Lipinski definition) is 3. The second-order valence-electron chi connectivity index (χ2n) is 7.94. The van der Waals surface area contributed by atoms with Crippen molar-refractivity contribution in [2.24, 2.45) is 11.3 Å². The molecule has 1 aliphatic heterocycles. The van der Waals surface area contributed by atoms with Crippen LogP contribution in [0.25, 0.3) is 0 Å². The van der Waals surface area contributed by atoms with E-state index in [1.54, 1.807) is 0 Å². The molecule has 136 valence electrons. The lowest BCUT2D eigenvalue weighted by molar-refractivity contribution is -0.142. The third-order valence-electron chi connectivity index (χ3n) is 4.95. The van der Waals surface area contributed by atoms with Crippen LogP contribution >= 0.6 is 0 Å². The highest BCUT2D eigenvalue weighted by atomic mass is 16.2. The molecule has 0 aromatic carbocycles. The van der Waals surface area contributed by atoms with Crippen LogP contribution in [0.5, 0.6) is 0 Å². The van der Waals surface area contributed by atoms with Crippen LogP contribution in [-0.2, 0) is 14.4 Å². The number of rotatable bonds is 4. The van der Waals surface area contributed by atoms with Gasteiger partial charge in [-0.25, -0.2) is 0 Å². The Morgan fingerprint density at radius 2 is 1.50 bits per heavy atom. The van der Waals surface area contributed by atoms with E-state index < -0.39 is 5.41 Å². The minimum Gasteiger partial charge on any atom is -0.355 e. The van der Waals surface area contributed by atoms with Crippen LogP contribution in [0.3, 0.4) is 0 Å². The van der Waals surface area contributed by atoms with Crippen molar-refractivity contribution in [1.82, 2.24) is 15.1 Å². The fraction of sp³-hybridized carbons (Fsp3) is 0.833. The summed E-state index contributed by atoms with van der Waals surface area (Å²) in [7, 11) is 0. The normalized spacial score (nSPS) is 19.5. The summed E-state index contributed by atoms with van der Waals surface area (Å²) < 4.78 is 0. The quantitative estimate of drug-likeness (QED) is 0.843. The highest BCUT2D eigenvalue weighted by Crippen LogP contribution is 2.26. The monoisotopic (exact) mass is 337 g/mol. The highest BCUT2D eigenvalue weighted by molar-refractivity contribution is 5.83. The van der Waals surface area contributed by atoms with Gasteiger partial charge in [0.05, 0.1) is 0 Å². The first-order chi connectivity index (χ1) is 11.3. The van der Waals surface area contributed by atoms with Crippen LogP contribution in [0.4, 0.5) is 0 Å². The molecule has 1 heterocycles. The van der Waals surface area contributed by atoms with Crippen LogP contribution < -0.4 is 5.32 Å². The first-order valence-electron chi connectivity index (χ1n) is 9.14. The average molecular weight is 337 g/mol. The molecular weight excluding hydrogens is 306 g/mol. The zero-order chi connectivity index (χ0) is 17.7. The molecule has 2 rings (SSSR count). The summed E-state index contributed by atoms with van der Waals surface area (Å²) in [6.07, 6.45) is 4.68. The lowest BCUT2D eigenvalue weighted by Gasteiger charge is -2.36. The van der Waals surface area contributed by atoms with Gasteiger partial charge in [-0.2, -0.15) is 0 Å². The van der Waals surface area contributed by atoms with Crippen molar-refractivity contribution in [1.29, 1.82) is 0 Å². The molecule has 0 unspecified atom stereocenters. The molecule has 0 spiro atoms. The van der Waals surface area contributed by atoms with Crippen molar-refractivity contribution in [3.63, 3.8) is 0 Å². The third-order valence-corrected chi connectivity index (χ3v) is 4.95. The van der Waals surface area contributed by atoms with Crippen molar-refractivity contribution >= 4 is 17.7 Å². The van der Waals surface area contributed by atoms with Crippen LogP contribution in [0.2, 0.25) is 0 Å². The molecule has 3 amide bonds. The number of nitrogens with one attached hydrogen (secondary N) is 1. The minimum absolute atomic E-state index is 0.0396. The Kier molecular flexibility index (Phi) is 6.24. The Morgan fingerprint density at radius 3 is 2.04 bits per heavy atom. The van der Waals surface area contributed by atoms with E-state index in [0.29, 0.717) is 39.1 Å². The molecule has 1 aliphatic carbocycles. The molecule has 2 aliphatic rings. The average Bonchev–Trinajstić information content (AvgIpc) is 3.07. The van der Waals surface area contributed by atoms with E-state index in [-0.39, 0.29) is 23.6 Å². The number of nitrogens with zero attached hydrogens (tertiary/aromatic N) is 2. The molecule has 0 aromatic rings. The summed E-state index contributed by atoms with van der Waals surface area (Å²) in [5.74, 6) is 0.497. The Balaban J connectivity index is 1.69. The Hall–Kier alpha value is -1.59. The van der Waals surface area contributed by atoms with Gasteiger partial charge in [0.25, 0.3) is 0 Å². The van der Waals surface area contributed by atoms with Gasteiger partial charge in [0.15, 0.2) is 0 Å². The minimum atomic E-state index is -0.435. The molecule has 0 radical (unpaired) electrons. The lowest BCUT2D eigenvalue weighted by Crippen LogP contribution is -2.52. The molecule has 0 aromatic heterocycles. The first kappa shape index (κ1) is 18.7. The summed E-state index contributed by atoms with van der Waals surface area (Å²) in [4.78, 5) is 40.1. The van der Waals surface area contributed by atoms with Gasteiger partial charge in [0.1, 0.15) is 0 Å². The Bertz CT molecular complexity index is 470. The lowest BCUT2D eigenvalue weighted by atomic mass is 9.96. The fourth-order valence-electron chi connectivity index (χ4n) is 3.31. The highest BCUT2D eigenvalue weighted by Gasteiger charge is 2.30. The molecule has 6 heteroatoms. The standard InChI is InChI=1S/C18H31N3O3/c1-18(2,3)17(24)19-9-8-15(22)20-10-12-21(13-11-20)16(23)14-6-4-5-7-14/h14H,4-13H2,1-3H3,(H,19,24). The van der Waals surface area contributed by atoms with Gasteiger partial charge in [-0.05, 0) is 12.8 Å². The van der Waals surface area contributed by atoms with E-state index in [2.05, 4.69) is 5.32 Å². The largest absolute Gasteiger partial charge is 0.355 e. The number of amides is 3. The summed E-state index contributed by atoms with van der Waals surface area (Å²) in [5.41, 5.74) is -0.435.